The Labute approximate surface area is 171 Å². The van der Waals surface area contributed by atoms with E-state index < -0.39 is 0 Å². The van der Waals surface area contributed by atoms with Crippen molar-refractivity contribution in [3.8, 4) is 0 Å². The van der Waals surface area contributed by atoms with Gasteiger partial charge in [-0.3, -0.25) is 4.79 Å². The van der Waals surface area contributed by atoms with Gasteiger partial charge in [0.2, 0.25) is 5.78 Å². The first kappa shape index (κ1) is 17.3. The third-order valence-electron chi connectivity index (χ3n) is 4.81. The molecule has 5 aromatic rings. The van der Waals surface area contributed by atoms with Crippen molar-refractivity contribution in [2.45, 2.75) is 0 Å². The number of para-hydroxylation sites is 1. The third kappa shape index (κ3) is 2.99. The molecule has 0 aliphatic carbocycles. The van der Waals surface area contributed by atoms with E-state index in [0.29, 0.717) is 27.4 Å². The number of aromatic nitrogens is 3. The molecule has 3 aromatic heterocycles. The molecular weight excluding hydrogens is 380 g/mol. The number of nitrogens with zero attached hydrogens (tertiary/aromatic N) is 2. The van der Waals surface area contributed by atoms with Gasteiger partial charge in [-0.25, -0.2) is 4.98 Å². The number of ketones is 1. The second-order valence-corrected chi connectivity index (χ2v) is 7.02. The SMILES string of the molecule is O=C(c1ccccc1)c1c2[nH]c(=S)nc(Nc3ccccc3)c2c2ccccn12. The van der Waals surface area contributed by atoms with E-state index >= 15 is 0 Å². The molecule has 0 saturated heterocycles. The molecule has 5 rings (SSSR count). The molecule has 29 heavy (non-hydrogen) atoms. The van der Waals surface area contributed by atoms with Gasteiger partial charge in [0.1, 0.15) is 11.5 Å². The second-order valence-electron chi connectivity index (χ2n) is 6.63. The smallest absolute Gasteiger partial charge is 0.211 e. The maximum atomic E-state index is 13.4. The Hall–Kier alpha value is -3.77. The Balaban J connectivity index is 1.82. The number of aromatic amines is 1. The monoisotopic (exact) mass is 396 g/mol. The summed E-state index contributed by atoms with van der Waals surface area (Å²) in [4.78, 5) is 21.1. The van der Waals surface area contributed by atoms with Crippen molar-refractivity contribution in [3.05, 3.63) is 101 Å². The lowest BCUT2D eigenvalue weighted by Crippen LogP contribution is -2.06. The van der Waals surface area contributed by atoms with E-state index in [4.69, 9.17) is 12.2 Å². The maximum absolute atomic E-state index is 13.4. The molecule has 6 heteroatoms. The number of carbonyl (C=O) groups is 1. The van der Waals surface area contributed by atoms with Crippen molar-refractivity contribution in [1.29, 1.82) is 0 Å². The van der Waals surface area contributed by atoms with E-state index in [1.165, 1.54) is 0 Å². The highest BCUT2D eigenvalue weighted by Gasteiger charge is 2.22. The first-order chi connectivity index (χ1) is 14.2. The van der Waals surface area contributed by atoms with Crippen molar-refractivity contribution in [3.63, 3.8) is 0 Å². The Morgan fingerprint density at radius 3 is 2.38 bits per heavy atom. The zero-order valence-electron chi connectivity index (χ0n) is 15.3. The second kappa shape index (κ2) is 7.00. The van der Waals surface area contributed by atoms with Crippen LogP contribution in [-0.2, 0) is 0 Å². The normalized spacial score (nSPS) is 11.0. The number of hydrogen-bond acceptors (Lipinski definition) is 4. The molecule has 0 radical (unpaired) electrons. The standard InChI is InChI=1S/C23H16N4OS/c28-21(15-9-3-1-4-10-15)20-19-18(17-13-7-8-14-27(17)20)22(26-23(29)25-19)24-16-11-5-2-6-12-16/h1-14H,(H2,24,25,26,29). The first-order valence-electron chi connectivity index (χ1n) is 9.17. The number of hydrogen-bond donors (Lipinski definition) is 2. The molecule has 0 aliphatic heterocycles. The fourth-order valence-electron chi connectivity index (χ4n) is 3.56. The van der Waals surface area contributed by atoms with E-state index in [1.807, 2.05) is 89.5 Å². The molecular formula is C23H16N4OS. The molecule has 5 nitrogen and oxygen atoms in total. The molecule has 0 unspecified atom stereocenters. The summed E-state index contributed by atoms with van der Waals surface area (Å²) < 4.78 is 2.21. The Morgan fingerprint density at radius 2 is 1.62 bits per heavy atom. The Bertz CT molecular complexity index is 1410. The Morgan fingerprint density at radius 1 is 0.931 bits per heavy atom. The highest BCUT2D eigenvalue weighted by Crippen LogP contribution is 2.33. The van der Waals surface area contributed by atoms with Crippen molar-refractivity contribution in [2.24, 2.45) is 0 Å². The minimum absolute atomic E-state index is 0.0793. The number of H-pyrrole nitrogens is 1. The number of rotatable bonds is 4. The zero-order valence-corrected chi connectivity index (χ0v) is 16.1. The van der Waals surface area contributed by atoms with Crippen LogP contribution in [0.4, 0.5) is 11.5 Å². The van der Waals surface area contributed by atoms with Gasteiger partial charge in [-0.05, 0) is 36.5 Å². The maximum Gasteiger partial charge on any atom is 0.211 e. The molecule has 0 atom stereocenters. The van der Waals surface area contributed by atoms with Gasteiger partial charge in [-0.2, -0.15) is 0 Å². The fourth-order valence-corrected chi connectivity index (χ4v) is 3.75. The van der Waals surface area contributed by atoms with E-state index in [0.717, 1.165) is 16.6 Å². The van der Waals surface area contributed by atoms with E-state index in [9.17, 15) is 4.79 Å². The molecule has 0 saturated carbocycles. The van der Waals surface area contributed by atoms with Crippen molar-refractivity contribution < 1.29 is 4.79 Å². The molecule has 3 heterocycles. The average Bonchev–Trinajstić information content (AvgIpc) is 3.08. The van der Waals surface area contributed by atoms with E-state index in [1.54, 1.807) is 0 Å². The largest absolute Gasteiger partial charge is 0.340 e. The van der Waals surface area contributed by atoms with Gasteiger partial charge in [0.05, 0.1) is 16.4 Å². The molecule has 2 N–H and O–H groups in total. The van der Waals surface area contributed by atoms with Crippen LogP contribution in [0.3, 0.4) is 0 Å². The van der Waals surface area contributed by atoms with Crippen LogP contribution in [0.1, 0.15) is 16.1 Å². The summed E-state index contributed by atoms with van der Waals surface area (Å²) in [5.41, 5.74) is 3.59. The van der Waals surface area contributed by atoms with Crippen LogP contribution in [0, 0.1) is 4.77 Å². The van der Waals surface area contributed by atoms with Crippen LogP contribution in [0.15, 0.2) is 85.1 Å². The van der Waals surface area contributed by atoms with Crippen LogP contribution < -0.4 is 5.32 Å². The zero-order chi connectivity index (χ0) is 19.8. The quantitative estimate of drug-likeness (QED) is 0.310. The molecule has 0 spiro atoms. The van der Waals surface area contributed by atoms with Gasteiger partial charge in [-0.15, -0.1) is 0 Å². The molecule has 2 aromatic carbocycles. The summed E-state index contributed by atoms with van der Waals surface area (Å²) >= 11 is 5.38. The lowest BCUT2D eigenvalue weighted by Gasteiger charge is -2.07. The van der Waals surface area contributed by atoms with Crippen LogP contribution in [0.5, 0.6) is 0 Å². The number of fused-ring (bicyclic) bond motifs is 3. The van der Waals surface area contributed by atoms with Gasteiger partial charge < -0.3 is 14.7 Å². The summed E-state index contributed by atoms with van der Waals surface area (Å²) in [6.07, 6.45) is 1.88. The number of pyridine rings is 1. The lowest BCUT2D eigenvalue weighted by atomic mass is 10.1. The van der Waals surface area contributed by atoms with Gasteiger partial charge >= 0.3 is 0 Å². The molecule has 0 bridgehead atoms. The van der Waals surface area contributed by atoms with Gasteiger partial charge in [0.15, 0.2) is 4.77 Å². The van der Waals surface area contributed by atoms with Crippen LogP contribution in [-0.4, -0.2) is 20.2 Å². The van der Waals surface area contributed by atoms with Crippen LogP contribution >= 0.6 is 12.2 Å². The number of anilines is 2. The minimum Gasteiger partial charge on any atom is -0.340 e. The summed E-state index contributed by atoms with van der Waals surface area (Å²) in [7, 11) is 0. The molecule has 140 valence electrons. The third-order valence-corrected chi connectivity index (χ3v) is 5.01. The molecule has 0 fully saturated rings. The number of benzene rings is 2. The molecule has 0 amide bonds. The highest BCUT2D eigenvalue weighted by molar-refractivity contribution is 7.71. The molecule has 0 aliphatic rings. The van der Waals surface area contributed by atoms with E-state index in [-0.39, 0.29) is 5.78 Å². The Kier molecular flexibility index (Phi) is 4.18. The van der Waals surface area contributed by atoms with Crippen molar-refractivity contribution >= 4 is 45.9 Å². The summed E-state index contributed by atoms with van der Waals surface area (Å²) in [6.45, 7) is 0. The topological polar surface area (TPSA) is 62.2 Å². The van der Waals surface area contributed by atoms with Gasteiger partial charge in [-0.1, -0.05) is 54.6 Å². The van der Waals surface area contributed by atoms with Crippen LogP contribution in [0.2, 0.25) is 0 Å². The van der Waals surface area contributed by atoms with Gasteiger partial charge in [0.25, 0.3) is 0 Å². The average molecular weight is 396 g/mol. The summed E-state index contributed by atoms with van der Waals surface area (Å²) in [6, 6.07) is 24.8. The van der Waals surface area contributed by atoms with Crippen molar-refractivity contribution in [1.82, 2.24) is 14.4 Å². The number of nitrogens with one attached hydrogen (secondary N) is 2. The fraction of sp³-hybridized carbons (Fsp3) is 0. The predicted octanol–water partition coefficient (Wildman–Crippen LogP) is 5.52. The van der Waals surface area contributed by atoms with Crippen molar-refractivity contribution in [2.75, 3.05) is 5.32 Å². The minimum atomic E-state index is -0.0793. The highest BCUT2D eigenvalue weighted by atomic mass is 32.1. The lowest BCUT2D eigenvalue weighted by molar-refractivity contribution is 0.103. The predicted molar refractivity (Wildman–Crippen MR) is 117 cm³/mol. The number of carbonyl (C=O) groups excluding carboxylic acids is 1. The van der Waals surface area contributed by atoms with E-state index in [2.05, 4.69) is 15.3 Å². The summed E-state index contributed by atoms with van der Waals surface area (Å²) in [5.74, 6) is 0.537. The van der Waals surface area contributed by atoms with Gasteiger partial charge in [0, 0.05) is 17.4 Å². The first-order valence-corrected chi connectivity index (χ1v) is 9.58. The van der Waals surface area contributed by atoms with Crippen LogP contribution in [0.25, 0.3) is 16.4 Å². The summed E-state index contributed by atoms with van der Waals surface area (Å²) in [5, 5.41) is 4.17.